The lowest BCUT2D eigenvalue weighted by Crippen LogP contribution is -2.27. The number of amides is 1. The van der Waals surface area contributed by atoms with Crippen LogP contribution >= 0.6 is 15.9 Å². The highest BCUT2D eigenvalue weighted by Crippen LogP contribution is 2.25. The van der Waals surface area contributed by atoms with E-state index >= 15 is 0 Å². The first-order chi connectivity index (χ1) is 8.08. The molecule has 0 atom stereocenters. The summed E-state index contributed by atoms with van der Waals surface area (Å²) in [5.74, 6) is 0.257. The van der Waals surface area contributed by atoms with Crippen LogP contribution in [-0.4, -0.2) is 31.5 Å². The molecule has 0 saturated heterocycles. The molecule has 4 nitrogen and oxygen atoms in total. The van der Waals surface area contributed by atoms with E-state index in [0.717, 1.165) is 15.8 Å². The number of rotatable bonds is 4. The molecule has 0 radical (unpaired) electrons. The molecule has 0 aliphatic carbocycles. The Hall–Kier alpha value is -1.54. The summed E-state index contributed by atoms with van der Waals surface area (Å²) in [6, 6.07) is 7.34. The number of nitriles is 1. The minimum atomic E-state index is -0.516. The molecule has 1 rings (SSSR count). The average Bonchev–Trinajstić information content (AvgIpc) is 2.35. The van der Waals surface area contributed by atoms with Crippen LogP contribution < -0.4 is 4.74 Å². The van der Waals surface area contributed by atoms with Crippen LogP contribution in [0, 0.1) is 11.3 Å². The minimum absolute atomic E-state index is 0.516. The van der Waals surface area contributed by atoms with Crippen molar-refractivity contribution in [2.75, 3.05) is 20.7 Å². The monoisotopic (exact) mass is 296 g/mol. The second-order valence-corrected chi connectivity index (χ2v) is 4.41. The fourth-order valence-corrected chi connectivity index (χ4v) is 1.94. The Morgan fingerprint density at radius 1 is 1.59 bits per heavy atom. The molecule has 0 N–H and O–H groups in total. The summed E-state index contributed by atoms with van der Waals surface area (Å²) in [4.78, 5) is 12.4. The molecule has 90 valence electrons. The summed E-state index contributed by atoms with van der Waals surface area (Å²) in [5.41, 5.74) is 1.08. The molecular formula is C12H13BrN2O2. The molecule has 0 bridgehead atoms. The number of halogens is 1. The minimum Gasteiger partial charge on any atom is -0.496 e. The van der Waals surface area contributed by atoms with Crippen LogP contribution in [0.25, 0.3) is 0 Å². The van der Waals surface area contributed by atoms with Crippen LogP contribution in [0.1, 0.15) is 5.56 Å². The number of carbonyl (C=O) groups excluding carboxylic acids is 1. The predicted octanol–water partition coefficient (Wildman–Crippen LogP) is 1.98. The smallest absolute Gasteiger partial charge is 0.324 e. The van der Waals surface area contributed by atoms with Crippen molar-refractivity contribution < 1.29 is 9.53 Å². The molecule has 1 amide bonds. The lowest BCUT2D eigenvalue weighted by atomic mass is 10.1. The van der Waals surface area contributed by atoms with Crippen molar-refractivity contribution in [1.82, 2.24) is 4.90 Å². The number of likely N-dealkylation sites (N-methyl/N-ethyl adjacent to an activating group) is 1. The molecule has 0 unspecified atom stereocenters. The van der Waals surface area contributed by atoms with Gasteiger partial charge in [0.15, 0.2) is 6.07 Å². The molecule has 0 saturated carbocycles. The van der Waals surface area contributed by atoms with Gasteiger partial charge in [-0.2, -0.15) is 5.26 Å². The van der Waals surface area contributed by atoms with E-state index in [1.165, 1.54) is 4.90 Å². The molecule has 1 aromatic rings. The van der Waals surface area contributed by atoms with Crippen molar-refractivity contribution in [2.24, 2.45) is 0 Å². The summed E-state index contributed by atoms with van der Waals surface area (Å²) < 4.78 is 6.01. The van der Waals surface area contributed by atoms with Crippen molar-refractivity contribution in [2.45, 2.75) is 6.42 Å². The van der Waals surface area contributed by atoms with Gasteiger partial charge in [-0.15, -0.1) is 0 Å². The SMILES string of the molecule is COc1ccc(CCN(C)C(=O)C#N)cc1Br. The zero-order chi connectivity index (χ0) is 12.8. The van der Waals surface area contributed by atoms with E-state index < -0.39 is 5.91 Å². The third-order valence-electron chi connectivity index (χ3n) is 2.39. The van der Waals surface area contributed by atoms with Gasteiger partial charge in [-0.3, -0.25) is 4.79 Å². The molecule has 5 heteroatoms. The molecule has 17 heavy (non-hydrogen) atoms. The van der Waals surface area contributed by atoms with E-state index in [1.807, 2.05) is 18.2 Å². The van der Waals surface area contributed by atoms with Crippen molar-refractivity contribution in [3.8, 4) is 11.8 Å². The largest absolute Gasteiger partial charge is 0.496 e. The molecule has 0 aromatic heterocycles. The maximum absolute atomic E-state index is 11.0. The Balaban J connectivity index is 2.62. The Bertz CT molecular complexity index is 454. The molecule has 0 aliphatic rings. The molecule has 0 spiro atoms. The summed E-state index contributed by atoms with van der Waals surface area (Å²) in [6.07, 6.45) is 0.701. The van der Waals surface area contributed by atoms with Crippen LogP contribution in [-0.2, 0) is 11.2 Å². The van der Waals surface area contributed by atoms with E-state index in [1.54, 1.807) is 20.2 Å². The van der Waals surface area contributed by atoms with Crippen LogP contribution in [0.15, 0.2) is 22.7 Å². The number of carbonyl (C=O) groups is 1. The number of ether oxygens (including phenoxy) is 1. The van der Waals surface area contributed by atoms with Crippen molar-refractivity contribution in [3.63, 3.8) is 0 Å². The van der Waals surface area contributed by atoms with E-state index in [4.69, 9.17) is 10.00 Å². The van der Waals surface area contributed by atoms with E-state index in [-0.39, 0.29) is 0 Å². The van der Waals surface area contributed by atoms with Crippen molar-refractivity contribution in [3.05, 3.63) is 28.2 Å². The van der Waals surface area contributed by atoms with E-state index in [2.05, 4.69) is 15.9 Å². The molecule has 0 fully saturated rings. The number of nitrogens with zero attached hydrogens (tertiary/aromatic N) is 2. The maximum atomic E-state index is 11.0. The number of methoxy groups -OCH3 is 1. The van der Waals surface area contributed by atoms with Gasteiger partial charge in [-0.1, -0.05) is 6.07 Å². The van der Waals surface area contributed by atoms with Crippen molar-refractivity contribution >= 4 is 21.8 Å². The lowest BCUT2D eigenvalue weighted by Gasteiger charge is -2.13. The summed E-state index contributed by atoms with van der Waals surface area (Å²) >= 11 is 3.40. The highest BCUT2D eigenvalue weighted by molar-refractivity contribution is 9.10. The third kappa shape index (κ3) is 3.75. The quantitative estimate of drug-likeness (QED) is 0.799. The van der Waals surface area contributed by atoms with Gasteiger partial charge in [0.1, 0.15) is 5.75 Å². The lowest BCUT2D eigenvalue weighted by molar-refractivity contribution is -0.124. The van der Waals surface area contributed by atoms with Gasteiger partial charge in [-0.25, -0.2) is 0 Å². The third-order valence-corrected chi connectivity index (χ3v) is 3.01. The van der Waals surface area contributed by atoms with Crippen LogP contribution in [0.4, 0.5) is 0 Å². The van der Waals surface area contributed by atoms with Crippen molar-refractivity contribution in [1.29, 1.82) is 5.26 Å². The standard InChI is InChI=1S/C12H13BrN2O2/c1-15(12(16)8-14)6-5-9-3-4-11(17-2)10(13)7-9/h3-4,7H,5-6H2,1-2H3. The van der Waals surface area contributed by atoms with Gasteiger partial charge in [0, 0.05) is 13.6 Å². The normalized spacial score (nSPS) is 9.53. The highest BCUT2D eigenvalue weighted by atomic mass is 79.9. The Morgan fingerprint density at radius 3 is 2.82 bits per heavy atom. The first-order valence-corrected chi connectivity index (χ1v) is 5.85. The van der Waals surface area contributed by atoms with Crippen LogP contribution in [0.2, 0.25) is 0 Å². The second kappa shape index (κ2) is 6.26. The number of benzene rings is 1. The van der Waals surface area contributed by atoms with Crippen LogP contribution in [0.3, 0.4) is 0 Å². The van der Waals surface area contributed by atoms with E-state index in [0.29, 0.717) is 13.0 Å². The fourth-order valence-electron chi connectivity index (χ4n) is 1.35. The van der Waals surface area contributed by atoms with E-state index in [9.17, 15) is 4.79 Å². The van der Waals surface area contributed by atoms with Gasteiger partial charge in [0.25, 0.3) is 0 Å². The Kier molecular flexibility index (Phi) is 4.98. The summed E-state index contributed by atoms with van der Waals surface area (Å²) in [5, 5.41) is 8.45. The first-order valence-electron chi connectivity index (χ1n) is 5.06. The summed E-state index contributed by atoms with van der Waals surface area (Å²) in [7, 11) is 3.23. The van der Waals surface area contributed by atoms with Gasteiger partial charge in [0.2, 0.25) is 0 Å². The predicted molar refractivity (Wildman–Crippen MR) is 67.6 cm³/mol. The summed E-state index contributed by atoms with van der Waals surface area (Å²) in [6.45, 7) is 0.519. The molecule has 0 aliphatic heterocycles. The Morgan fingerprint density at radius 2 is 2.29 bits per heavy atom. The van der Waals surface area contributed by atoms with Gasteiger partial charge < -0.3 is 9.64 Å². The molecule has 1 aromatic carbocycles. The Labute approximate surface area is 109 Å². The maximum Gasteiger partial charge on any atom is 0.324 e. The zero-order valence-corrected chi connectivity index (χ0v) is 11.3. The van der Waals surface area contributed by atoms with Crippen LogP contribution in [0.5, 0.6) is 5.75 Å². The van der Waals surface area contributed by atoms with Gasteiger partial charge in [0.05, 0.1) is 11.6 Å². The highest BCUT2D eigenvalue weighted by Gasteiger charge is 2.07. The van der Waals surface area contributed by atoms with Gasteiger partial charge >= 0.3 is 5.91 Å². The molecule has 0 heterocycles. The first kappa shape index (κ1) is 13.5. The average molecular weight is 297 g/mol. The molecular weight excluding hydrogens is 284 g/mol. The second-order valence-electron chi connectivity index (χ2n) is 3.56. The topological polar surface area (TPSA) is 53.3 Å². The van der Waals surface area contributed by atoms with Gasteiger partial charge in [-0.05, 0) is 40.0 Å². The zero-order valence-electron chi connectivity index (χ0n) is 9.74. The number of hydrogen-bond donors (Lipinski definition) is 0. The number of hydrogen-bond acceptors (Lipinski definition) is 3. The fraction of sp³-hybridized carbons (Fsp3) is 0.333.